The molecule has 0 saturated heterocycles. The van der Waals surface area contributed by atoms with E-state index in [0.29, 0.717) is 44.3 Å². The van der Waals surface area contributed by atoms with Crippen LogP contribution in [0.2, 0.25) is 0 Å². The lowest BCUT2D eigenvalue weighted by molar-refractivity contribution is -0.385. The summed E-state index contributed by atoms with van der Waals surface area (Å²) in [5.74, 6) is 0.666. The summed E-state index contributed by atoms with van der Waals surface area (Å²) in [7, 11) is 0. The highest BCUT2D eigenvalue weighted by Gasteiger charge is 2.12. The van der Waals surface area contributed by atoms with Gasteiger partial charge in [0.1, 0.15) is 0 Å². The Bertz CT molecular complexity index is 1380. The molecule has 4 rings (SSSR count). The molecule has 0 aliphatic carbocycles. The lowest BCUT2D eigenvalue weighted by Gasteiger charge is -2.03. The first-order valence-electron chi connectivity index (χ1n) is 11.4. The molecule has 12 nitrogen and oxygen atoms in total. The van der Waals surface area contributed by atoms with Crippen LogP contribution in [0, 0.1) is 20.2 Å². The Morgan fingerprint density at radius 2 is 1.10 bits per heavy atom. The highest BCUT2D eigenvalue weighted by atomic mass is 32.2. The Morgan fingerprint density at radius 3 is 1.46 bits per heavy atom. The van der Waals surface area contributed by atoms with Crippen molar-refractivity contribution in [1.82, 2.24) is 9.97 Å². The number of thioether (sulfide) groups is 1. The van der Waals surface area contributed by atoms with Crippen LogP contribution in [0.4, 0.5) is 21.6 Å². The third-order valence-electron chi connectivity index (χ3n) is 5.20. The van der Waals surface area contributed by atoms with Crippen molar-refractivity contribution in [1.29, 1.82) is 0 Å². The van der Waals surface area contributed by atoms with Gasteiger partial charge in [0.25, 0.3) is 11.4 Å². The van der Waals surface area contributed by atoms with Crippen LogP contribution in [0.3, 0.4) is 0 Å². The summed E-state index contributed by atoms with van der Waals surface area (Å²) in [6, 6.07) is 12.0. The zero-order valence-corrected chi connectivity index (χ0v) is 22.5. The first-order chi connectivity index (χ1) is 18.8. The highest BCUT2D eigenvalue weighted by Crippen LogP contribution is 2.28. The standard InChI is InChI=1S/C24H20N6O6S3/c31-21(27-23-25-19(13-38-23)15-1-5-17(6-2-15)29(33)34)9-11-37-12-10-22(32)28-24-26-20(14-39-24)16-3-7-18(8-4-16)30(35)36/h1-8,13-14H,9-12H2,(H,25,27,31)(H,26,28,32). The first-order valence-corrected chi connectivity index (χ1v) is 14.3. The molecule has 200 valence electrons. The zero-order valence-electron chi connectivity index (χ0n) is 20.1. The summed E-state index contributed by atoms with van der Waals surface area (Å²) in [4.78, 5) is 53.8. The fraction of sp³-hybridized carbons (Fsp3) is 0.167. The number of nitrogens with one attached hydrogen (secondary N) is 2. The van der Waals surface area contributed by atoms with Crippen LogP contribution in [0.15, 0.2) is 59.3 Å². The molecule has 15 heteroatoms. The Hall–Kier alpha value is -4.21. The Balaban J connectivity index is 1.14. The van der Waals surface area contributed by atoms with Crippen LogP contribution in [-0.4, -0.2) is 43.1 Å². The van der Waals surface area contributed by atoms with Crippen molar-refractivity contribution in [2.75, 3.05) is 22.1 Å². The largest absolute Gasteiger partial charge is 0.302 e. The van der Waals surface area contributed by atoms with Gasteiger partial charge in [-0.05, 0) is 24.3 Å². The minimum atomic E-state index is -0.469. The molecular formula is C24H20N6O6S3. The molecule has 2 heterocycles. The van der Waals surface area contributed by atoms with Crippen molar-refractivity contribution in [2.45, 2.75) is 12.8 Å². The summed E-state index contributed by atoms with van der Waals surface area (Å²) < 4.78 is 0. The normalized spacial score (nSPS) is 10.7. The number of anilines is 2. The lowest BCUT2D eigenvalue weighted by atomic mass is 10.1. The molecule has 2 aromatic heterocycles. The lowest BCUT2D eigenvalue weighted by Crippen LogP contribution is -2.13. The third kappa shape index (κ3) is 7.89. The molecule has 2 N–H and O–H groups in total. The van der Waals surface area contributed by atoms with E-state index < -0.39 is 9.85 Å². The number of thiazole rings is 2. The molecule has 0 aliphatic heterocycles. The van der Waals surface area contributed by atoms with Crippen molar-refractivity contribution in [3.05, 3.63) is 79.5 Å². The smallest absolute Gasteiger partial charge is 0.269 e. The zero-order chi connectivity index (χ0) is 27.8. The number of amides is 2. The van der Waals surface area contributed by atoms with Crippen molar-refractivity contribution in [3.8, 4) is 22.5 Å². The summed E-state index contributed by atoms with van der Waals surface area (Å²) in [5, 5.41) is 31.5. The molecule has 4 aromatic rings. The molecule has 0 atom stereocenters. The second-order valence-corrected chi connectivity index (χ2v) is 10.8. The van der Waals surface area contributed by atoms with Gasteiger partial charge in [0, 0.05) is 70.5 Å². The maximum Gasteiger partial charge on any atom is 0.269 e. The maximum atomic E-state index is 12.2. The molecule has 0 fully saturated rings. The van der Waals surface area contributed by atoms with Gasteiger partial charge in [-0.1, -0.05) is 0 Å². The predicted octanol–water partition coefficient (Wildman–Crippen LogP) is 5.84. The third-order valence-corrected chi connectivity index (χ3v) is 7.70. The number of aromatic nitrogens is 2. The number of hydrogen-bond donors (Lipinski definition) is 2. The minimum Gasteiger partial charge on any atom is -0.302 e. The van der Waals surface area contributed by atoms with Gasteiger partial charge >= 0.3 is 0 Å². The van der Waals surface area contributed by atoms with Crippen molar-refractivity contribution < 1.29 is 19.4 Å². The van der Waals surface area contributed by atoms with E-state index in [4.69, 9.17) is 0 Å². The van der Waals surface area contributed by atoms with Gasteiger partial charge in [-0.15, -0.1) is 22.7 Å². The number of nitrogens with zero attached hydrogens (tertiary/aromatic N) is 4. The number of non-ortho nitro benzene ring substituents is 2. The SMILES string of the molecule is O=C(CCSCCC(=O)Nc1nc(-c2ccc([N+](=O)[O-])cc2)cs1)Nc1nc(-c2ccc([N+](=O)[O-])cc2)cs1. The van der Waals surface area contributed by atoms with E-state index in [-0.39, 0.29) is 36.0 Å². The molecule has 2 amide bonds. The van der Waals surface area contributed by atoms with E-state index in [0.717, 1.165) is 0 Å². The van der Waals surface area contributed by atoms with Gasteiger partial charge in [-0.25, -0.2) is 9.97 Å². The quantitative estimate of drug-likeness (QED) is 0.118. The number of carbonyl (C=O) groups is 2. The van der Waals surface area contributed by atoms with E-state index in [1.165, 1.54) is 58.7 Å². The number of benzene rings is 2. The fourth-order valence-corrected chi connectivity index (χ4v) is 5.57. The van der Waals surface area contributed by atoms with Crippen LogP contribution in [-0.2, 0) is 9.59 Å². The van der Waals surface area contributed by atoms with Gasteiger partial charge in [-0.3, -0.25) is 29.8 Å². The molecule has 39 heavy (non-hydrogen) atoms. The van der Waals surface area contributed by atoms with Gasteiger partial charge < -0.3 is 10.6 Å². The number of nitro groups is 2. The number of hydrogen-bond acceptors (Lipinski definition) is 11. The highest BCUT2D eigenvalue weighted by molar-refractivity contribution is 7.99. The molecular weight excluding hydrogens is 565 g/mol. The molecule has 0 aliphatic rings. The van der Waals surface area contributed by atoms with Crippen LogP contribution in [0.25, 0.3) is 22.5 Å². The molecule has 0 bridgehead atoms. The summed E-state index contributed by atoms with van der Waals surface area (Å²) in [6.45, 7) is 0. The topological polar surface area (TPSA) is 170 Å². The Morgan fingerprint density at radius 1 is 0.718 bits per heavy atom. The summed E-state index contributed by atoms with van der Waals surface area (Å²) >= 11 is 4.01. The Kier molecular flexibility index (Phi) is 9.30. The van der Waals surface area contributed by atoms with E-state index in [2.05, 4.69) is 20.6 Å². The second-order valence-electron chi connectivity index (χ2n) is 7.89. The monoisotopic (exact) mass is 584 g/mol. The predicted molar refractivity (Wildman–Crippen MR) is 152 cm³/mol. The van der Waals surface area contributed by atoms with E-state index in [1.807, 2.05) is 0 Å². The van der Waals surface area contributed by atoms with Gasteiger partial charge in [0.2, 0.25) is 11.8 Å². The average Bonchev–Trinajstić information content (AvgIpc) is 3.58. The Labute approximate surface area is 233 Å². The van der Waals surface area contributed by atoms with Gasteiger partial charge in [-0.2, -0.15) is 11.8 Å². The maximum absolute atomic E-state index is 12.2. The van der Waals surface area contributed by atoms with Crippen LogP contribution in [0.5, 0.6) is 0 Å². The molecule has 0 radical (unpaired) electrons. The second kappa shape index (κ2) is 13.0. The van der Waals surface area contributed by atoms with E-state index in [9.17, 15) is 29.8 Å². The number of rotatable bonds is 12. The number of nitro benzene ring substituents is 2. The van der Waals surface area contributed by atoms with Crippen LogP contribution >= 0.6 is 34.4 Å². The average molecular weight is 585 g/mol. The van der Waals surface area contributed by atoms with Crippen LogP contribution in [0.1, 0.15) is 12.8 Å². The van der Waals surface area contributed by atoms with Crippen LogP contribution < -0.4 is 10.6 Å². The molecule has 0 saturated carbocycles. The van der Waals surface area contributed by atoms with Gasteiger partial charge in [0.05, 0.1) is 21.2 Å². The van der Waals surface area contributed by atoms with Crippen molar-refractivity contribution in [3.63, 3.8) is 0 Å². The molecule has 0 spiro atoms. The van der Waals surface area contributed by atoms with Crippen molar-refractivity contribution >= 4 is 67.9 Å². The van der Waals surface area contributed by atoms with Gasteiger partial charge in [0.15, 0.2) is 10.3 Å². The van der Waals surface area contributed by atoms with E-state index in [1.54, 1.807) is 35.0 Å². The van der Waals surface area contributed by atoms with Crippen molar-refractivity contribution in [2.24, 2.45) is 0 Å². The first kappa shape index (κ1) is 27.8. The van der Waals surface area contributed by atoms with E-state index >= 15 is 0 Å². The minimum absolute atomic E-state index is 0.00510. The molecule has 0 unspecified atom stereocenters. The number of carbonyl (C=O) groups excluding carboxylic acids is 2. The fourth-order valence-electron chi connectivity index (χ4n) is 3.23. The summed E-state index contributed by atoms with van der Waals surface area (Å²) in [5.41, 5.74) is 2.65. The molecule has 2 aromatic carbocycles. The summed E-state index contributed by atoms with van der Waals surface area (Å²) in [6.07, 6.45) is 0.508.